The van der Waals surface area contributed by atoms with Gasteiger partial charge in [-0.3, -0.25) is 4.79 Å². The fourth-order valence-electron chi connectivity index (χ4n) is 2.48. The monoisotopic (exact) mass is 354 g/mol. The van der Waals surface area contributed by atoms with E-state index >= 15 is 0 Å². The number of benzene rings is 2. The van der Waals surface area contributed by atoms with E-state index in [4.69, 9.17) is 0 Å². The Morgan fingerprint density at radius 2 is 1.54 bits per heavy atom. The molecule has 0 atom stereocenters. The predicted molar refractivity (Wildman–Crippen MR) is 95.5 cm³/mol. The molecule has 0 radical (unpaired) electrons. The molecule has 0 saturated heterocycles. The fraction of sp³-hybridized carbons (Fsp3) is 0.105. The van der Waals surface area contributed by atoms with Gasteiger partial charge in [0.15, 0.2) is 0 Å². The summed E-state index contributed by atoms with van der Waals surface area (Å²) >= 11 is 0. The number of hydrogen-bond donors (Lipinski definition) is 2. The number of rotatable bonds is 4. The summed E-state index contributed by atoms with van der Waals surface area (Å²) in [6.07, 6.45) is 1.15. The van der Waals surface area contributed by atoms with Crippen molar-refractivity contribution in [2.24, 2.45) is 0 Å². The highest BCUT2D eigenvalue weighted by Gasteiger charge is 2.14. The quantitative estimate of drug-likeness (QED) is 0.730. The Balaban J connectivity index is 1.84. The summed E-state index contributed by atoms with van der Waals surface area (Å²) in [7, 11) is 0. The molecule has 7 heteroatoms. The Morgan fingerprint density at radius 1 is 0.923 bits per heavy atom. The van der Waals surface area contributed by atoms with E-state index in [0.29, 0.717) is 5.69 Å². The smallest absolute Gasteiger partial charge is 0.274 e. The molecule has 0 aliphatic heterocycles. The highest BCUT2D eigenvalue weighted by Crippen LogP contribution is 2.23. The second-order valence-electron chi connectivity index (χ2n) is 5.73. The van der Waals surface area contributed by atoms with Crippen molar-refractivity contribution >= 4 is 23.1 Å². The zero-order valence-corrected chi connectivity index (χ0v) is 14.2. The van der Waals surface area contributed by atoms with Crippen LogP contribution in [0.25, 0.3) is 0 Å². The number of aromatic nitrogens is 2. The summed E-state index contributed by atoms with van der Waals surface area (Å²) < 4.78 is 27.5. The van der Waals surface area contributed by atoms with Crippen LogP contribution in [0, 0.1) is 25.5 Å². The molecule has 0 unspecified atom stereocenters. The predicted octanol–water partition coefficient (Wildman–Crippen LogP) is 4.37. The number of para-hydroxylation sites is 2. The molecule has 26 heavy (non-hydrogen) atoms. The second-order valence-corrected chi connectivity index (χ2v) is 5.73. The summed E-state index contributed by atoms with van der Waals surface area (Å²) in [6, 6.07) is 10.5. The number of amides is 1. The molecule has 0 bridgehead atoms. The van der Waals surface area contributed by atoms with E-state index in [1.807, 2.05) is 32.0 Å². The zero-order valence-electron chi connectivity index (χ0n) is 14.2. The fourth-order valence-corrected chi connectivity index (χ4v) is 2.48. The van der Waals surface area contributed by atoms with Gasteiger partial charge in [-0.2, -0.15) is 0 Å². The molecule has 0 saturated carbocycles. The van der Waals surface area contributed by atoms with Gasteiger partial charge >= 0.3 is 0 Å². The number of hydrogen-bond acceptors (Lipinski definition) is 4. The Morgan fingerprint density at radius 3 is 2.19 bits per heavy atom. The van der Waals surface area contributed by atoms with E-state index in [9.17, 15) is 13.6 Å². The maximum absolute atomic E-state index is 13.7. The number of carbonyl (C=O) groups is 1. The molecule has 1 heterocycles. The summed E-state index contributed by atoms with van der Waals surface area (Å²) in [5.41, 5.74) is 2.26. The maximum atomic E-state index is 13.7. The van der Waals surface area contributed by atoms with Crippen LogP contribution in [-0.2, 0) is 0 Å². The van der Waals surface area contributed by atoms with Crippen molar-refractivity contribution in [3.63, 3.8) is 0 Å². The van der Waals surface area contributed by atoms with Crippen LogP contribution in [0.3, 0.4) is 0 Å². The summed E-state index contributed by atoms with van der Waals surface area (Å²) in [6.45, 7) is 3.77. The lowest BCUT2D eigenvalue weighted by Gasteiger charge is -2.12. The summed E-state index contributed by atoms with van der Waals surface area (Å²) in [5.74, 6) is -1.85. The average Bonchev–Trinajstić information content (AvgIpc) is 2.62. The van der Waals surface area contributed by atoms with Gasteiger partial charge in [0.1, 0.15) is 35.2 Å². The molecule has 1 amide bonds. The topological polar surface area (TPSA) is 66.9 Å². The number of aryl methyl sites for hydroxylation is 2. The van der Waals surface area contributed by atoms with Crippen LogP contribution in [0.15, 0.2) is 48.8 Å². The molecular weight excluding hydrogens is 338 g/mol. The van der Waals surface area contributed by atoms with Crippen LogP contribution in [0.2, 0.25) is 0 Å². The van der Waals surface area contributed by atoms with Gasteiger partial charge in [-0.1, -0.05) is 24.3 Å². The third-order valence-electron chi connectivity index (χ3n) is 3.84. The molecule has 2 aromatic carbocycles. The van der Waals surface area contributed by atoms with E-state index < -0.39 is 17.5 Å². The van der Waals surface area contributed by atoms with Gasteiger partial charge in [0.25, 0.3) is 5.91 Å². The lowest BCUT2D eigenvalue weighted by atomic mass is 10.1. The van der Waals surface area contributed by atoms with Crippen molar-refractivity contribution in [2.45, 2.75) is 13.8 Å². The minimum atomic E-state index is -0.759. The minimum absolute atomic E-state index is 0.0712. The van der Waals surface area contributed by atoms with Crippen LogP contribution in [0.5, 0.6) is 0 Å². The average molecular weight is 354 g/mol. The molecule has 3 aromatic rings. The number of carbonyl (C=O) groups excluding carboxylic acids is 1. The van der Waals surface area contributed by atoms with Crippen LogP contribution < -0.4 is 10.6 Å². The summed E-state index contributed by atoms with van der Waals surface area (Å²) in [5, 5.41) is 5.34. The van der Waals surface area contributed by atoms with Gasteiger partial charge < -0.3 is 10.6 Å². The molecular formula is C19H16F2N4O. The molecule has 3 rings (SSSR count). The van der Waals surface area contributed by atoms with E-state index in [-0.39, 0.29) is 17.2 Å². The number of halogens is 2. The zero-order chi connectivity index (χ0) is 18.7. The van der Waals surface area contributed by atoms with Crippen LogP contribution in [0.4, 0.5) is 26.0 Å². The first kappa shape index (κ1) is 17.5. The van der Waals surface area contributed by atoms with E-state index in [2.05, 4.69) is 20.6 Å². The first-order valence-corrected chi connectivity index (χ1v) is 7.86. The molecule has 2 N–H and O–H groups in total. The lowest BCUT2D eigenvalue weighted by molar-refractivity contribution is 0.102. The van der Waals surface area contributed by atoms with E-state index in [0.717, 1.165) is 29.6 Å². The Hall–Kier alpha value is -3.35. The molecule has 132 valence electrons. The van der Waals surface area contributed by atoms with Gasteiger partial charge in [0.2, 0.25) is 0 Å². The van der Waals surface area contributed by atoms with Gasteiger partial charge in [0, 0.05) is 11.8 Å². The van der Waals surface area contributed by atoms with E-state index in [1.165, 1.54) is 12.1 Å². The van der Waals surface area contributed by atoms with Gasteiger partial charge in [-0.25, -0.2) is 18.7 Å². The first-order chi connectivity index (χ1) is 12.5. The lowest BCUT2D eigenvalue weighted by Crippen LogP contribution is -2.16. The number of anilines is 3. The molecule has 0 fully saturated rings. The normalized spacial score (nSPS) is 10.5. The number of nitrogens with one attached hydrogen (secondary N) is 2. The van der Waals surface area contributed by atoms with Crippen LogP contribution in [-0.4, -0.2) is 15.9 Å². The maximum Gasteiger partial charge on any atom is 0.274 e. The van der Waals surface area contributed by atoms with E-state index in [1.54, 1.807) is 0 Å². The third kappa shape index (κ3) is 3.66. The highest BCUT2D eigenvalue weighted by atomic mass is 19.1. The van der Waals surface area contributed by atoms with Crippen molar-refractivity contribution in [1.29, 1.82) is 0 Å². The third-order valence-corrected chi connectivity index (χ3v) is 3.84. The first-order valence-electron chi connectivity index (χ1n) is 7.86. The molecule has 0 aliphatic carbocycles. The molecule has 0 spiro atoms. The van der Waals surface area contributed by atoms with Crippen LogP contribution in [0.1, 0.15) is 21.6 Å². The molecule has 1 aromatic heterocycles. The van der Waals surface area contributed by atoms with Gasteiger partial charge in [0.05, 0.1) is 0 Å². The van der Waals surface area contributed by atoms with Crippen molar-refractivity contribution in [1.82, 2.24) is 9.97 Å². The second kappa shape index (κ2) is 7.26. The molecule has 5 nitrogen and oxygen atoms in total. The standard InChI is InChI=1S/C19H16F2N4O/c1-11-5-3-6-12(2)17(11)25-19(26)15-9-16(23-10-22-15)24-18-13(20)7-4-8-14(18)21/h3-10H,1-2H3,(H,25,26)(H,22,23,24). The van der Waals surface area contributed by atoms with Gasteiger partial charge in [-0.05, 0) is 37.1 Å². The highest BCUT2D eigenvalue weighted by molar-refractivity contribution is 6.04. The van der Waals surface area contributed by atoms with Gasteiger partial charge in [-0.15, -0.1) is 0 Å². The Labute approximate surface area is 149 Å². The van der Waals surface area contributed by atoms with Crippen molar-refractivity contribution in [3.8, 4) is 0 Å². The van der Waals surface area contributed by atoms with Crippen molar-refractivity contribution < 1.29 is 13.6 Å². The van der Waals surface area contributed by atoms with Crippen LogP contribution >= 0.6 is 0 Å². The SMILES string of the molecule is Cc1cccc(C)c1NC(=O)c1cc(Nc2c(F)cccc2F)ncn1. The largest absolute Gasteiger partial charge is 0.335 e. The minimum Gasteiger partial charge on any atom is -0.335 e. The van der Waals surface area contributed by atoms with Crippen molar-refractivity contribution in [3.05, 3.63) is 77.2 Å². The van der Waals surface area contributed by atoms with Crippen molar-refractivity contribution in [2.75, 3.05) is 10.6 Å². The summed E-state index contributed by atoms with van der Waals surface area (Å²) in [4.78, 5) is 20.3. The number of nitrogens with zero attached hydrogens (tertiary/aromatic N) is 2. The Kier molecular flexibility index (Phi) is 4.88. The Bertz CT molecular complexity index is 935. The molecule has 0 aliphatic rings.